The molecule has 2 heterocycles. The summed E-state index contributed by atoms with van der Waals surface area (Å²) in [5, 5.41) is 0. The van der Waals surface area contributed by atoms with Crippen LogP contribution < -0.4 is 4.90 Å². The smallest absolute Gasteiger partial charge is 0.209 e. The molecular weight excluding hydrogens is 280 g/mol. The highest BCUT2D eigenvalue weighted by Crippen LogP contribution is 2.35. The molecule has 2 aromatic rings. The van der Waals surface area contributed by atoms with Gasteiger partial charge in [-0.1, -0.05) is 24.3 Å². The van der Waals surface area contributed by atoms with Gasteiger partial charge in [-0.25, -0.2) is 0 Å². The quantitative estimate of drug-likeness (QED) is 0.717. The van der Waals surface area contributed by atoms with Crippen molar-refractivity contribution in [1.82, 2.24) is 0 Å². The fraction of sp³-hybridized carbons (Fsp3) is 0.286. The summed E-state index contributed by atoms with van der Waals surface area (Å²) in [7, 11) is 4.37. The molecule has 23 heavy (non-hydrogen) atoms. The Morgan fingerprint density at radius 3 is 2.43 bits per heavy atom. The zero-order valence-corrected chi connectivity index (χ0v) is 14.4. The highest BCUT2D eigenvalue weighted by Gasteiger charge is 2.28. The van der Waals surface area contributed by atoms with Gasteiger partial charge in [0.2, 0.25) is 5.69 Å². The van der Waals surface area contributed by atoms with Crippen LogP contribution in [0.1, 0.15) is 22.3 Å². The van der Waals surface area contributed by atoms with E-state index in [2.05, 4.69) is 79.9 Å². The molecule has 0 spiro atoms. The molecule has 0 fully saturated rings. The number of nitrogens with zero attached hydrogens (tertiary/aromatic N) is 2. The van der Waals surface area contributed by atoms with E-state index < -0.39 is 0 Å². The van der Waals surface area contributed by atoms with Gasteiger partial charge in [-0.15, -0.1) is 0 Å². The first-order valence-corrected chi connectivity index (χ1v) is 8.26. The van der Waals surface area contributed by atoms with E-state index >= 15 is 0 Å². The Balaban J connectivity index is 1.70. The summed E-state index contributed by atoms with van der Waals surface area (Å²) in [4.78, 5) is 2.34. The fourth-order valence-electron chi connectivity index (χ4n) is 3.70. The van der Waals surface area contributed by atoms with Crippen LogP contribution in [-0.4, -0.2) is 24.4 Å². The second kappa shape index (κ2) is 5.09. The molecule has 0 amide bonds. The molecule has 0 saturated heterocycles. The van der Waals surface area contributed by atoms with Crippen LogP contribution in [0.3, 0.4) is 0 Å². The van der Waals surface area contributed by atoms with E-state index in [1.165, 1.54) is 45.0 Å². The first kappa shape index (κ1) is 14.3. The molecule has 2 aliphatic rings. The topological polar surface area (TPSA) is 6.25 Å². The average Bonchev–Trinajstić information content (AvgIpc) is 2.99. The minimum Gasteiger partial charge on any atom is -0.347 e. The largest absolute Gasteiger partial charge is 0.347 e. The van der Waals surface area contributed by atoms with Gasteiger partial charge in [0.1, 0.15) is 7.05 Å². The molecule has 0 radical (unpaired) electrons. The van der Waals surface area contributed by atoms with E-state index in [0.29, 0.717) is 0 Å². The van der Waals surface area contributed by atoms with Gasteiger partial charge in [-0.2, -0.15) is 4.58 Å². The molecule has 0 aromatic heterocycles. The summed E-state index contributed by atoms with van der Waals surface area (Å²) in [6.45, 7) is 4.32. The molecular formula is C21H23N2+. The summed E-state index contributed by atoms with van der Waals surface area (Å²) >= 11 is 0. The van der Waals surface area contributed by atoms with Gasteiger partial charge < -0.3 is 4.90 Å². The molecule has 0 bridgehead atoms. The van der Waals surface area contributed by atoms with Gasteiger partial charge in [0.15, 0.2) is 5.71 Å². The van der Waals surface area contributed by atoms with Gasteiger partial charge in [0.05, 0.1) is 6.42 Å². The van der Waals surface area contributed by atoms with E-state index in [4.69, 9.17) is 0 Å². The first-order valence-electron chi connectivity index (χ1n) is 8.26. The number of likely N-dealkylation sites (N-methyl/N-ethyl adjacent to an activating group) is 1. The van der Waals surface area contributed by atoms with Crippen molar-refractivity contribution in [2.24, 2.45) is 0 Å². The van der Waals surface area contributed by atoms with E-state index in [1.807, 2.05) is 0 Å². The SMILES string of the molecule is Cc1ccc2c(c1)N(C)/C(=C/C1=[N+](C)c3cc(C)ccc3C1)C2. The molecule has 4 rings (SSSR count). The van der Waals surface area contributed by atoms with Crippen LogP contribution in [0.5, 0.6) is 0 Å². The summed E-state index contributed by atoms with van der Waals surface area (Å²) < 4.78 is 2.34. The molecule has 0 unspecified atom stereocenters. The molecule has 2 heteroatoms. The summed E-state index contributed by atoms with van der Waals surface area (Å²) in [5.41, 5.74) is 11.0. The second-order valence-electron chi connectivity index (χ2n) is 6.86. The van der Waals surface area contributed by atoms with Crippen molar-refractivity contribution in [3.63, 3.8) is 0 Å². The van der Waals surface area contributed by atoms with Crippen LogP contribution in [0.4, 0.5) is 11.4 Å². The van der Waals surface area contributed by atoms with E-state index in [-0.39, 0.29) is 0 Å². The van der Waals surface area contributed by atoms with Crippen molar-refractivity contribution in [2.45, 2.75) is 26.7 Å². The van der Waals surface area contributed by atoms with Crippen molar-refractivity contribution in [3.8, 4) is 0 Å². The van der Waals surface area contributed by atoms with Crippen molar-refractivity contribution < 1.29 is 4.58 Å². The Kier molecular flexibility index (Phi) is 3.15. The molecule has 2 aromatic carbocycles. The number of anilines is 1. The Bertz CT molecular complexity index is 871. The summed E-state index contributed by atoms with van der Waals surface area (Å²) in [6.07, 6.45) is 4.43. The van der Waals surface area contributed by atoms with Crippen LogP contribution in [0.15, 0.2) is 48.2 Å². The van der Waals surface area contributed by atoms with E-state index in [0.717, 1.165) is 12.8 Å². The van der Waals surface area contributed by atoms with Gasteiger partial charge in [0.25, 0.3) is 0 Å². The number of allylic oxidation sites excluding steroid dienone is 2. The van der Waals surface area contributed by atoms with Gasteiger partial charge in [0, 0.05) is 42.6 Å². The first-order chi connectivity index (χ1) is 11.0. The predicted molar refractivity (Wildman–Crippen MR) is 97.1 cm³/mol. The number of rotatable bonds is 1. The van der Waals surface area contributed by atoms with Gasteiger partial charge >= 0.3 is 0 Å². The standard InChI is InChI=1S/C21H23N2/c1-14-5-7-16-11-18(22(3)20(16)9-14)13-19-12-17-8-6-15(2)10-21(17)23(19)4/h5-10,13H,11-12H2,1-4H3/q+1. The van der Waals surface area contributed by atoms with Crippen LogP contribution >= 0.6 is 0 Å². The number of benzene rings is 2. The number of hydrogen-bond donors (Lipinski definition) is 0. The van der Waals surface area contributed by atoms with Crippen molar-refractivity contribution in [1.29, 1.82) is 0 Å². The Labute approximate surface area is 138 Å². The molecule has 2 aliphatic heterocycles. The van der Waals surface area contributed by atoms with Crippen molar-refractivity contribution in [3.05, 3.63) is 70.4 Å². The van der Waals surface area contributed by atoms with E-state index in [9.17, 15) is 0 Å². The van der Waals surface area contributed by atoms with Crippen molar-refractivity contribution >= 4 is 17.1 Å². The van der Waals surface area contributed by atoms with Gasteiger partial charge in [-0.05, 0) is 36.6 Å². The number of aryl methyl sites for hydroxylation is 2. The molecule has 0 atom stereocenters. The molecule has 0 N–H and O–H groups in total. The lowest BCUT2D eigenvalue weighted by molar-refractivity contribution is -0.400. The number of fused-ring (bicyclic) bond motifs is 2. The Morgan fingerprint density at radius 2 is 1.65 bits per heavy atom. The fourth-order valence-corrected chi connectivity index (χ4v) is 3.70. The third-order valence-corrected chi connectivity index (χ3v) is 5.14. The maximum atomic E-state index is 2.38. The van der Waals surface area contributed by atoms with E-state index in [1.54, 1.807) is 0 Å². The van der Waals surface area contributed by atoms with Gasteiger partial charge in [-0.3, -0.25) is 0 Å². The second-order valence-corrected chi connectivity index (χ2v) is 6.86. The maximum absolute atomic E-state index is 2.38. The predicted octanol–water partition coefficient (Wildman–Crippen LogP) is 4.15. The van der Waals surface area contributed by atoms with Crippen LogP contribution in [-0.2, 0) is 12.8 Å². The van der Waals surface area contributed by atoms with Crippen LogP contribution in [0, 0.1) is 13.8 Å². The molecule has 0 aliphatic carbocycles. The maximum Gasteiger partial charge on any atom is 0.209 e. The van der Waals surface area contributed by atoms with Crippen LogP contribution in [0.2, 0.25) is 0 Å². The zero-order valence-electron chi connectivity index (χ0n) is 14.4. The Hall–Kier alpha value is -2.35. The highest BCUT2D eigenvalue weighted by atomic mass is 15.1. The highest BCUT2D eigenvalue weighted by molar-refractivity contribution is 5.97. The zero-order chi connectivity index (χ0) is 16.1. The third-order valence-electron chi connectivity index (χ3n) is 5.14. The van der Waals surface area contributed by atoms with Crippen molar-refractivity contribution in [2.75, 3.05) is 19.0 Å². The lowest BCUT2D eigenvalue weighted by atomic mass is 10.1. The third kappa shape index (κ3) is 2.29. The monoisotopic (exact) mass is 303 g/mol. The molecule has 116 valence electrons. The number of hydrogen-bond acceptors (Lipinski definition) is 1. The average molecular weight is 303 g/mol. The normalized spacial score (nSPS) is 17.9. The molecule has 2 nitrogen and oxygen atoms in total. The Morgan fingerprint density at radius 1 is 0.957 bits per heavy atom. The van der Waals surface area contributed by atoms with Crippen LogP contribution in [0.25, 0.3) is 0 Å². The lowest BCUT2D eigenvalue weighted by Gasteiger charge is -2.14. The molecule has 0 saturated carbocycles. The minimum absolute atomic E-state index is 1.03. The summed E-state index contributed by atoms with van der Waals surface area (Å²) in [5.74, 6) is 0. The lowest BCUT2D eigenvalue weighted by Crippen LogP contribution is -2.15. The minimum atomic E-state index is 1.03. The summed E-state index contributed by atoms with van der Waals surface area (Å²) in [6, 6.07) is 13.5.